The number of hydrogen-bond donors (Lipinski definition) is 1. The molecule has 0 bridgehead atoms. The quantitative estimate of drug-likeness (QED) is 0.685. The molecule has 1 aliphatic carbocycles. The van der Waals surface area contributed by atoms with Gasteiger partial charge in [-0.15, -0.1) is 0 Å². The first-order chi connectivity index (χ1) is 7.25. The zero-order chi connectivity index (χ0) is 11.1. The van der Waals surface area contributed by atoms with Crippen LogP contribution in [0.25, 0.3) is 0 Å². The molecule has 1 N–H and O–H groups in total. The maximum atomic E-state index is 5.04. The van der Waals surface area contributed by atoms with Crippen LogP contribution in [0.5, 0.6) is 0 Å². The Hall–Kier alpha value is -0.0800. The number of ether oxygens (including phenoxy) is 1. The summed E-state index contributed by atoms with van der Waals surface area (Å²) in [5.74, 6) is 2.68. The van der Waals surface area contributed by atoms with E-state index in [4.69, 9.17) is 4.74 Å². The van der Waals surface area contributed by atoms with Gasteiger partial charge in [0, 0.05) is 13.7 Å². The lowest BCUT2D eigenvalue weighted by Gasteiger charge is -2.34. The zero-order valence-corrected chi connectivity index (χ0v) is 10.6. The molecule has 0 radical (unpaired) electrons. The van der Waals surface area contributed by atoms with Gasteiger partial charge in [0.25, 0.3) is 0 Å². The van der Waals surface area contributed by atoms with Crippen LogP contribution in [0.3, 0.4) is 0 Å². The molecule has 1 fully saturated rings. The zero-order valence-electron chi connectivity index (χ0n) is 10.6. The van der Waals surface area contributed by atoms with Crippen LogP contribution in [-0.2, 0) is 4.74 Å². The van der Waals surface area contributed by atoms with E-state index in [1.807, 2.05) is 0 Å². The molecule has 2 unspecified atom stereocenters. The van der Waals surface area contributed by atoms with E-state index in [0.29, 0.717) is 0 Å². The summed E-state index contributed by atoms with van der Waals surface area (Å²) in [6.07, 6.45) is 5.73. The van der Waals surface area contributed by atoms with Crippen molar-refractivity contribution in [3.63, 3.8) is 0 Å². The molecule has 90 valence electrons. The first kappa shape index (κ1) is 13.0. The fourth-order valence-electron chi connectivity index (χ4n) is 2.83. The lowest BCUT2D eigenvalue weighted by Crippen LogP contribution is -2.34. The average molecular weight is 213 g/mol. The lowest BCUT2D eigenvalue weighted by atomic mass is 9.73. The molecule has 0 heterocycles. The van der Waals surface area contributed by atoms with Crippen LogP contribution in [0.4, 0.5) is 0 Å². The summed E-state index contributed by atoms with van der Waals surface area (Å²) in [5.41, 5.74) is 0. The molecule has 0 aromatic rings. The second-order valence-electron chi connectivity index (χ2n) is 5.15. The Bertz CT molecular complexity index is 159. The summed E-state index contributed by atoms with van der Waals surface area (Å²) >= 11 is 0. The summed E-state index contributed by atoms with van der Waals surface area (Å²) in [6, 6.07) is 0. The van der Waals surface area contributed by atoms with E-state index in [9.17, 15) is 0 Å². The van der Waals surface area contributed by atoms with E-state index >= 15 is 0 Å². The molecule has 2 atom stereocenters. The molecule has 0 aliphatic heterocycles. The van der Waals surface area contributed by atoms with Crippen molar-refractivity contribution in [2.45, 2.75) is 39.5 Å². The smallest absolute Gasteiger partial charge is 0.0587 e. The summed E-state index contributed by atoms with van der Waals surface area (Å²) in [6.45, 7) is 7.76. The average Bonchev–Trinajstić information content (AvgIpc) is 2.25. The van der Waals surface area contributed by atoms with E-state index in [2.05, 4.69) is 19.2 Å². The minimum atomic E-state index is 0.832. The third-order valence-corrected chi connectivity index (χ3v) is 3.71. The molecule has 0 saturated heterocycles. The maximum Gasteiger partial charge on any atom is 0.0587 e. The van der Waals surface area contributed by atoms with Crippen molar-refractivity contribution >= 4 is 0 Å². The fraction of sp³-hybridized carbons (Fsp3) is 1.00. The molecule has 1 saturated carbocycles. The highest BCUT2D eigenvalue weighted by Gasteiger charge is 2.26. The van der Waals surface area contributed by atoms with Gasteiger partial charge < -0.3 is 10.1 Å². The Morgan fingerprint density at radius 1 is 1.27 bits per heavy atom. The highest BCUT2D eigenvalue weighted by atomic mass is 16.5. The number of nitrogens with one attached hydrogen (secondary N) is 1. The lowest BCUT2D eigenvalue weighted by molar-refractivity contribution is 0.164. The van der Waals surface area contributed by atoms with E-state index in [1.165, 1.54) is 32.2 Å². The standard InChI is InChI=1S/C13H27NO/c1-11(2)13-7-5-4-6-12(13)10-14-8-9-15-3/h11-14H,4-10H2,1-3H3. The monoisotopic (exact) mass is 213 g/mol. The normalized spacial score (nSPS) is 27.2. The van der Waals surface area contributed by atoms with Crippen LogP contribution >= 0.6 is 0 Å². The second kappa shape index (κ2) is 7.24. The minimum absolute atomic E-state index is 0.832. The van der Waals surface area contributed by atoms with Gasteiger partial charge in [0.2, 0.25) is 0 Å². The highest BCUT2D eigenvalue weighted by Crippen LogP contribution is 2.34. The maximum absolute atomic E-state index is 5.04. The second-order valence-corrected chi connectivity index (χ2v) is 5.15. The van der Waals surface area contributed by atoms with Gasteiger partial charge in [0.15, 0.2) is 0 Å². The van der Waals surface area contributed by atoms with Gasteiger partial charge in [0.1, 0.15) is 0 Å². The van der Waals surface area contributed by atoms with Crippen molar-refractivity contribution in [1.82, 2.24) is 5.32 Å². The third kappa shape index (κ3) is 4.52. The Morgan fingerprint density at radius 2 is 2.00 bits per heavy atom. The molecule has 0 aromatic heterocycles. The van der Waals surface area contributed by atoms with Crippen LogP contribution in [0.2, 0.25) is 0 Å². The van der Waals surface area contributed by atoms with Crippen LogP contribution < -0.4 is 5.32 Å². The molecular weight excluding hydrogens is 186 g/mol. The van der Waals surface area contributed by atoms with Crippen molar-refractivity contribution in [1.29, 1.82) is 0 Å². The predicted molar refractivity (Wildman–Crippen MR) is 65.0 cm³/mol. The first-order valence-corrected chi connectivity index (χ1v) is 6.45. The Balaban J connectivity index is 2.23. The summed E-state index contributed by atoms with van der Waals surface area (Å²) < 4.78 is 5.04. The summed E-state index contributed by atoms with van der Waals surface area (Å²) in [5, 5.41) is 3.52. The summed E-state index contributed by atoms with van der Waals surface area (Å²) in [7, 11) is 1.76. The van der Waals surface area contributed by atoms with Gasteiger partial charge in [-0.2, -0.15) is 0 Å². The van der Waals surface area contributed by atoms with Gasteiger partial charge >= 0.3 is 0 Å². The molecule has 0 amide bonds. The first-order valence-electron chi connectivity index (χ1n) is 6.45. The molecule has 0 spiro atoms. The van der Waals surface area contributed by atoms with Crippen molar-refractivity contribution in [2.24, 2.45) is 17.8 Å². The van der Waals surface area contributed by atoms with Crippen molar-refractivity contribution in [3.05, 3.63) is 0 Å². The van der Waals surface area contributed by atoms with E-state index < -0.39 is 0 Å². The number of methoxy groups -OCH3 is 1. The molecule has 2 nitrogen and oxygen atoms in total. The Morgan fingerprint density at radius 3 is 2.67 bits per heavy atom. The third-order valence-electron chi connectivity index (χ3n) is 3.71. The van der Waals surface area contributed by atoms with E-state index in [1.54, 1.807) is 7.11 Å². The van der Waals surface area contributed by atoms with Gasteiger partial charge in [0.05, 0.1) is 6.61 Å². The predicted octanol–water partition coefficient (Wildman–Crippen LogP) is 2.68. The van der Waals surface area contributed by atoms with Crippen molar-refractivity contribution in [3.8, 4) is 0 Å². The van der Waals surface area contributed by atoms with Crippen molar-refractivity contribution < 1.29 is 4.74 Å². The molecule has 1 rings (SSSR count). The topological polar surface area (TPSA) is 21.3 Å². The highest BCUT2D eigenvalue weighted by molar-refractivity contribution is 4.79. The van der Waals surface area contributed by atoms with Crippen LogP contribution in [-0.4, -0.2) is 26.8 Å². The number of rotatable bonds is 6. The Kier molecular flexibility index (Phi) is 6.26. The van der Waals surface area contributed by atoms with Crippen molar-refractivity contribution in [2.75, 3.05) is 26.8 Å². The van der Waals surface area contributed by atoms with Crippen LogP contribution in [0.15, 0.2) is 0 Å². The fourth-order valence-corrected chi connectivity index (χ4v) is 2.83. The largest absolute Gasteiger partial charge is 0.383 e. The Labute approximate surface area is 94.8 Å². The SMILES string of the molecule is COCCNCC1CCCCC1C(C)C. The molecule has 15 heavy (non-hydrogen) atoms. The molecular formula is C13H27NO. The minimum Gasteiger partial charge on any atom is -0.383 e. The van der Waals surface area contributed by atoms with Gasteiger partial charge in [-0.1, -0.05) is 26.7 Å². The van der Waals surface area contributed by atoms with Crippen LogP contribution in [0.1, 0.15) is 39.5 Å². The van der Waals surface area contributed by atoms with Gasteiger partial charge in [-0.3, -0.25) is 0 Å². The van der Waals surface area contributed by atoms with Gasteiger partial charge in [-0.05, 0) is 37.1 Å². The molecule has 2 heteroatoms. The number of hydrogen-bond acceptors (Lipinski definition) is 2. The summed E-state index contributed by atoms with van der Waals surface area (Å²) in [4.78, 5) is 0. The van der Waals surface area contributed by atoms with Crippen LogP contribution in [0, 0.1) is 17.8 Å². The van der Waals surface area contributed by atoms with E-state index in [-0.39, 0.29) is 0 Å². The van der Waals surface area contributed by atoms with Gasteiger partial charge in [-0.25, -0.2) is 0 Å². The van der Waals surface area contributed by atoms with E-state index in [0.717, 1.165) is 30.9 Å². The molecule has 1 aliphatic rings. The molecule has 0 aromatic carbocycles.